The summed E-state index contributed by atoms with van der Waals surface area (Å²) in [6.45, 7) is 4.18. The first-order valence-corrected chi connectivity index (χ1v) is 23.7. The molecular formula is C45H84NO8P. The van der Waals surface area contributed by atoms with E-state index in [2.05, 4.69) is 50.3 Å². The molecule has 0 rings (SSSR count). The van der Waals surface area contributed by atoms with Gasteiger partial charge in [0.2, 0.25) is 0 Å². The molecule has 0 N–H and O–H groups in total. The molecule has 0 aromatic rings. The van der Waals surface area contributed by atoms with Crippen molar-refractivity contribution >= 4 is 19.8 Å². The molecule has 0 fully saturated rings. The van der Waals surface area contributed by atoms with Crippen LogP contribution in [0.25, 0.3) is 0 Å². The van der Waals surface area contributed by atoms with E-state index in [-0.39, 0.29) is 32.0 Å². The first-order valence-electron chi connectivity index (χ1n) is 22.2. The number of phosphoric ester groups is 1. The fourth-order valence-corrected chi connectivity index (χ4v) is 6.62. The van der Waals surface area contributed by atoms with E-state index < -0.39 is 26.5 Å². The smallest absolute Gasteiger partial charge is 0.306 e. The minimum atomic E-state index is -4.63. The standard InChI is InChI=1S/C45H84NO8P/c1-6-8-10-12-14-16-18-20-22-23-24-26-28-30-32-34-36-38-45(48)54-43(42-53-55(49,50)52-40-39-46(3,4)5)41-51-44(47)37-35-33-31-29-27-25-21-19-17-15-13-11-9-7-2/h14,16,20,22,24,26,43H,6-13,15,17-19,21,23,25,27-42H2,1-5H3/b16-14+,22-20+,26-24+/t43-/m1/s1. The maximum absolute atomic E-state index is 12.7. The van der Waals surface area contributed by atoms with Crippen molar-refractivity contribution in [1.29, 1.82) is 0 Å². The monoisotopic (exact) mass is 798 g/mol. The zero-order valence-electron chi connectivity index (χ0n) is 36.1. The van der Waals surface area contributed by atoms with Crippen LogP contribution in [0.2, 0.25) is 0 Å². The fourth-order valence-electron chi connectivity index (χ4n) is 5.90. The number of ether oxygens (including phenoxy) is 2. The highest BCUT2D eigenvalue weighted by molar-refractivity contribution is 7.45. The van der Waals surface area contributed by atoms with Crippen molar-refractivity contribution in [3.05, 3.63) is 36.5 Å². The lowest BCUT2D eigenvalue weighted by molar-refractivity contribution is -0.870. The summed E-state index contributed by atoms with van der Waals surface area (Å²) >= 11 is 0. The third-order valence-corrected chi connectivity index (χ3v) is 10.4. The van der Waals surface area contributed by atoms with Gasteiger partial charge in [0.25, 0.3) is 7.82 Å². The Kier molecular flexibility index (Phi) is 36.6. The molecule has 0 saturated heterocycles. The molecule has 0 spiro atoms. The first-order chi connectivity index (χ1) is 26.5. The van der Waals surface area contributed by atoms with Crippen LogP contribution in [0.5, 0.6) is 0 Å². The molecule has 55 heavy (non-hydrogen) atoms. The Hall–Kier alpha value is -1.77. The van der Waals surface area contributed by atoms with Crippen LogP contribution in [0.4, 0.5) is 0 Å². The quantitative estimate of drug-likeness (QED) is 0.0198. The number of hydrogen-bond acceptors (Lipinski definition) is 8. The molecule has 0 aromatic carbocycles. The number of likely N-dealkylation sites (N-methyl/N-ethyl adjacent to an activating group) is 1. The zero-order valence-corrected chi connectivity index (χ0v) is 37.0. The van der Waals surface area contributed by atoms with Crippen LogP contribution in [0, 0.1) is 0 Å². The van der Waals surface area contributed by atoms with Crippen LogP contribution in [-0.4, -0.2) is 70.0 Å². The van der Waals surface area contributed by atoms with E-state index >= 15 is 0 Å². The van der Waals surface area contributed by atoms with Gasteiger partial charge in [-0.25, -0.2) is 0 Å². The van der Waals surface area contributed by atoms with E-state index in [0.717, 1.165) is 57.8 Å². The number of unbranched alkanes of at least 4 members (excludes halogenated alkanes) is 20. The lowest BCUT2D eigenvalue weighted by Gasteiger charge is -2.28. The maximum atomic E-state index is 12.7. The van der Waals surface area contributed by atoms with Gasteiger partial charge >= 0.3 is 11.9 Å². The minimum absolute atomic E-state index is 0.0348. The zero-order chi connectivity index (χ0) is 40.7. The summed E-state index contributed by atoms with van der Waals surface area (Å²) in [4.78, 5) is 37.5. The average molecular weight is 798 g/mol. The van der Waals surface area contributed by atoms with Gasteiger partial charge in [-0.1, -0.05) is 159 Å². The third kappa shape index (κ3) is 41.7. The number of carbonyl (C=O) groups is 2. The summed E-state index contributed by atoms with van der Waals surface area (Å²) in [5.74, 6) is -0.856. The molecule has 9 nitrogen and oxygen atoms in total. The SMILES string of the molecule is CCCCC/C=C/C/C=C/C/C=C/CCCCCCC(=O)O[C@H](COC(=O)CCCCCCCCCCCCCCCC)COP(=O)([O-])OCC[N+](C)(C)C. The Balaban J connectivity index is 4.40. The van der Waals surface area contributed by atoms with Crippen molar-refractivity contribution in [1.82, 2.24) is 0 Å². The second-order valence-corrected chi connectivity index (χ2v) is 17.5. The highest BCUT2D eigenvalue weighted by Crippen LogP contribution is 2.38. The lowest BCUT2D eigenvalue weighted by Crippen LogP contribution is -2.37. The molecule has 1 unspecified atom stereocenters. The number of quaternary nitrogens is 1. The predicted molar refractivity (Wildman–Crippen MR) is 227 cm³/mol. The molecule has 0 aliphatic carbocycles. The van der Waals surface area contributed by atoms with Crippen molar-refractivity contribution in [3.8, 4) is 0 Å². The molecule has 0 aliphatic heterocycles. The fraction of sp³-hybridized carbons (Fsp3) is 0.822. The van der Waals surface area contributed by atoms with Crippen molar-refractivity contribution in [2.75, 3.05) is 47.5 Å². The molecule has 0 amide bonds. The Morgan fingerprint density at radius 1 is 0.564 bits per heavy atom. The highest BCUT2D eigenvalue weighted by atomic mass is 31.2. The van der Waals surface area contributed by atoms with Crippen molar-refractivity contribution in [2.24, 2.45) is 0 Å². The Morgan fingerprint density at radius 3 is 1.49 bits per heavy atom. The third-order valence-electron chi connectivity index (χ3n) is 9.41. The van der Waals surface area contributed by atoms with Crippen molar-refractivity contribution in [3.63, 3.8) is 0 Å². The normalized spacial score (nSPS) is 13.9. The molecule has 322 valence electrons. The number of rotatable bonds is 40. The number of carbonyl (C=O) groups excluding carboxylic acids is 2. The van der Waals surface area contributed by atoms with E-state index in [4.69, 9.17) is 18.5 Å². The van der Waals surface area contributed by atoms with E-state index in [1.807, 2.05) is 21.1 Å². The van der Waals surface area contributed by atoms with Gasteiger partial charge in [-0.3, -0.25) is 14.2 Å². The van der Waals surface area contributed by atoms with Gasteiger partial charge in [-0.15, -0.1) is 0 Å². The molecule has 0 aliphatic rings. The topological polar surface area (TPSA) is 111 Å². The van der Waals surface area contributed by atoms with Crippen LogP contribution < -0.4 is 4.89 Å². The van der Waals surface area contributed by atoms with Crippen LogP contribution in [0.1, 0.15) is 187 Å². The largest absolute Gasteiger partial charge is 0.756 e. The Bertz CT molecular complexity index is 1040. The predicted octanol–water partition coefficient (Wildman–Crippen LogP) is 11.9. The molecule has 0 radical (unpaired) electrons. The molecule has 0 saturated carbocycles. The highest BCUT2D eigenvalue weighted by Gasteiger charge is 2.21. The molecule has 0 aromatic heterocycles. The van der Waals surface area contributed by atoms with E-state index in [9.17, 15) is 19.0 Å². The van der Waals surface area contributed by atoms with Gasteiger partial charge in [0.05, 0.1) is 27.7 Å². The van der Waals surface area contributed by atoms with Gasteiger partial charge in [0, 0.05) is 12.8 Å². The molecule has 0 bridgehead atoms. The summed E-state index contributed by atoms with van der Waals surface area (Å²) in [5.41, 5.74) is 0. The van der Waals surface area contributed by atoms with Crippen molar-refractivity contribution < 1.29 is 42.1 Å². The first kappa shape index (κ1) is 53.2. The number of allylic oxidation sites excluding steroid dienone is 6. The summed E-state index contributed by atoms with van der Waals surface area (Å²) in [5, 5.41) is 0. The van der Waals surface area contributed by atoms with Crippen molar-refractivity contribution in [2.45, 2.75) is 193 Å². The average Bonchev–Trinajstić information content (AvgIpc) is 3.13. The second-order valence-electron chi connectivity index (χ2n) is 16.1. The van der Waals surface area contributed by atoms with Crippen LogP contribution in [-0.2, 0) is 32.7 Å². The second kappa shape index (κ2) is 37.8. The van der Waals surface area contributed by atoms with Crippen LogP contribution in [0.15, 0.2) is 36.5 Å². The molecular weight excluding hydrogens is 713 g/mol. The number of esters is 2. The van der Waals surface area contributed by atoms with E-state index in [1.165, 1.54) is 96.3 Å². The van der Waals surface area contributed by atoms with Gasteiger partial charge in [-0.05, 0) is 51.4 Å². The number of nitrogens with zero attached hydrogens (tertiary/aromatic N) is 1. The summed E-state index contributed by atoms with van der Waals surface area (Å²) in [6.07, 6.45) is 41.6. The van der Waals surface area contributed by atoms with Crippen LogP contribution in [0.3, 0.4) is 0 Å². The Labute approximate surface area is 338 Å². The summed E-state index contributed by atoms with van der Waals surface area (Å²) in [7, 11) is 1.15. The van der Waals surface area contributed by atoms with E-state index in [0.29, 0.717) is 17.4 Å². The van der Waals surface area contributed by atoms with Gasteiger partial charge in [-0.2, -0.15) is 0 Å². The van der Waals surface area contributed by atoms with Gasteiger partial charge in [0.15, 0.2) is 6.10 Å². The summed E-state index contributed by atoms with van der Waals surface area (Å²) in [6, 6.07) is 0. The van der Waals surface area contributed by atoms with Crippen LogP contribution >= 0.6 is 7.82 Å². The number of hydrogen-bond donors (Lipinski definition) is 0. The van der Waals surface area contributed by atoms with Gasteiger partial charge < -0.3 is 27.9 Å². The lowest BCUT2D eigenvalue weighted by atomic mass is 10.0. The summed E-state index contributed by atoms with van der Waals surface area (Å²) < 4.78 is 33.9. The number of phosphoric acid groups is 1. The molecule has 10 heteroatoms. The molecule has 0 heterocycles. The molecule has 2 atom stereocenters. The van der Waals surface area contributed by atoms with E-state index in [1.54, 1.807) is 0 Å². The van der Waals surface area contributed by atoms with Gasteiger partial charge in [0.1, 0.15) is 19.8 Å². The Morgan fingerprint density at radius 2 is 0.982 bits per heavy atom. The maximum Gasteiger partial charge on any atom is 0.306 e. The minimum Gasteiger partial charge on any atom is -0.756 e.